The topological polar surface area (TPSA) is 88.9 Å². The molecule has 2 aliphatic heterocycles. The Kier molecular flexibility index (Phi) is 5.70. The summed E-state index contributed by atoms with van der Waals surface area (Å²) in [5.74, 6) is 0.689. The summed E-state index contributed by atoms with van der Waals surface area (Å²) >= 11 is 0. The van der Waals surface area contributed by atoms with E-state index >= 15 is 0 Å². The monoisotopic (exact) mass is 470 g/mol. The third-order valence-corrected chi connectivity index (χ3v) is 7.35. The molecule has 4 aromatic rings. The Balaban J connectivity index is 1.48. The second kappa shape index (κ2) is 9.02. The van der Waals surface area contributed by atoms with Crippen molar-refractivity contribution in [3.63, 3.8) is 0 Å². The number of pyridine rings is 1. The van der Waals surface area contributed by atoms with Crippen molar-refractivity contribution in [1.29, 1.82) is 0 Å². The molecule has 4 heterocycles. The number of nitrogens with one attached hydrogen (secondary N) is 1. The molecule has 0 amide bonds. The van der Waals surface area contributed by atoms with E-state index < -0.39 is 0 Å². The molecule has 2 aromatic heterocycles. The second-order valence-corrected chi connectivity index (χ2v) is 9.85. The van der Waals surface area contributed by atoms with Crippen LogP contribution in [0.5, 0.6) is 0 Å². The zero-order valence-corrected chi connectivity index (χ0v) is 20.2. The van der Waals surface area contributed by atoms with Gasteiger partial charge in [0.1, 0.15) is 6.04 Å². The lowest BCUT2D eigenvalue weighted by Gasteiger charge is -2.35. The van der Waals surface area contributed by atoms with Crippen LogP contribution in [0.2, 0.25) is 0 Å². The van der Waals surface area contributed by atoms with Gasteiger partial charge in [0.25, 0.3) is 5.56 Å². The van der Waals surface area contributed by atoms with Crippen LogP contribution in [-0.4, -0.2) is 49.3 Å². The predicted octanol–water partition coefficient (Wildman–Crippen LogP) is 3.46. The van der Waals surface area contributed by atoms with Crippen LogP contribution in [0.25, 0.3) is 10.9 Å². The Bertz CT molecular complexity index is 1440. The maximum Gasteiger partial charge on any atom is 0.253 e. The van der Waals surface area contributed by atoms with Gasteiger partial charge in [0, 0.05) is 25.3 Å². The molecule has 0 aliphatic carbocycles. The van der Waals surface area contributed by atoms with E-state index in [4.69, 9.17) is 4.74 Å². The van der Waals surface area contributed by atoms with E-state index in [9.17, 15) is 4.79 Å². The van der Waals surface area contributed by atoms with Gasteiger partial charge in [-0.25, -0.2) is 4.68 Å². The standard InChI is InChI=1S/C27H30N6O2/c1-17-12-18(2)24-21(13-17)14-23(27(34)28-24)25(32-10-9-19-6-3-4-7-20(19)15-32)26-29-30-31-33(26)16-22-8-5-11-35-22/h3-4,6-7,12-14,22,25H,5,8-11,15-16H2,1-2H3,(H,28,34). The largest absolute Gasteiger partial charge is 0.376 e. The van der Waals surface area contributed by atoms with E-state index in [0.29, 0.717) is 17.9 Å². The molecular weight excluding hydrogens is 440 g/mol. The molecule has 1 fully saturated rings. The number of aryl methyl sites for hydroxylation is 2. The first kappa shape index (κ1) is 22.1. The summed E-state index contributed by atoms with van der Waals surface area (Å²) in [6, 6.07) is 14.4. The Morgan fingerprint density at radius 1 is 1.17 bits per heavy atom. The Morgan fingerprint density at radius 3 is 2.86 bits per heavy atom. The van der Waals surface area contributed by atoms with Gasteiger partial charge in [-0.05, 0) is 77.7 Å². The minimum absolute atomic E-state index is 0.0972. The van der Waals surface area contributed by atoms with Gasteiger partial charge in [-0.2, -0.15) is 0 Å². The van der Waals surface area contributed by atoms with Gasteiger partial charge in [0.05, 0.1) is 18.2 Å². The number of benzene rings is 2. The van der Waals surface area contributed by atoms with Crippen molar-refractivity contribution in [2.75, 3.05) is 13.2 Å². The van der Waals surface area contributed by atoms with E-state index in [1.165, 1.54) is 16.7 Å². The first-order valence-corrected chi connectivity index (χ1v) is 12.4. The SMILES string of the molecule is Cc1cc(C)c2[nH]c(=O)c(C(c3nnnn3CC3CCCO3)N3CCc4ccccc4C3)cc2c1. The highest BCUT2D eigenvalue weighted by Crippen LogP contribution is 2.32. The van der Waals surface area contributed by atoms with Crippen molar-refractivity contribution in [1.82, 2.24) is 30.1 Å². The Labute approximate surface area is 203 Å². The summed E-state index contributed by atoms with van der Waals surface area (Å²) in [6.45, 7) is 7.03. The van der Waals surface area contributed by atoms with Crippen molar-refractivity contribution in [3.8, 4) is 0 Å². The number of hydrogen-bond acceptors (Lipinski definition) is 6. The van der Waals surface area contributed by atoms with Crippen molar-refractivity contribution < 1.29 is 4.74 Å². The minimum Gasteiger partial charge on any atom is -0.376 e. The molecule has 0 bridgehead atoms. The van der Waals surface area contributed by atoms with Crippen molar-refractivity contribution in [3.05, 3.63) is 86.5 Å². The summed E-state index contributed by atoms with van der Waals surface area (Å²) in [5, 5.41) is 13.9. The number of aromatic amines is 1. The Morgan fingerprint density at radius 2 is 2.03 bits per heavy atom. The van der Waals surface area contributed by atoms with Crippen molar-refractivity contribution in [2.45, 2.75) is 58.3 Å². The average Bonchev–Trinajstić information content (AvgIpc) is 3.53. The lowest BCUT2D eigenvalue weighted by atomic mass is 9.95. The van der Waals surface area contributed by atoms with Gasteiger partial charge in [-0.1, -0.05) is 35.9 Å². The van der Waals surface area contributed by atoms with Crippen LogP contribution in [0.3, 0.4) is 0 Å². The lowest BCUT2D eigenvalue weighted by molar-refractivity contribution is 0.0904. The number of ether oxygens (including phenoxy) is 1. The Hall–Kier alpha value is -3.36. The van der Waals surface area contributed by atoms with Gasteiger partial charge in [0.15, 0.2) is 5.82 Å². The van der Waals surface area contributed by atoms with Crippen LogP contribution in [0, 0.1) is 13.8 Å². The molecule has 0 radical (unpaired) electrons. The highest BCUT2D eigenvalue weighted by atomic mass is 16.5. The zero-order chi connectivity index (χ0) is 23.9. The number of rotatable bonds is 5. The molecule has 0 saturated carbocycles. The van der Waals surface area contributed by atoms with Gasteiger partial charge < -0.3 is 9.72 Å². The molecule has 2 aromatic carbocycles. The van der Waals surface area contributed by atoms with Crippen molar-refractivity contribution in [2.24, 2.45) is 0 Å². The molecule has 1 saturated heterocycles. The average molecular weight is 471 g/mol. The van der Waals surface area contributed by atoms with Gasteiger partial charge in [0.2, 0.25) is 0 Å². The number of hydrogen-bond donors (Lipinski definition) is 1. The lowest BCUT2D eigenvalue weighted by Crippen LogP contribution is -2.39. The smallest absolute Gasteiger partial charge is 0.253 e. The molecule has 2 atom stereocenters. The molecule has 1 N–H and O–H groups in total. The molecule has 0 spiro atoms. The van der Waals surface area contributed by atoms with Crippen molar-refractivity contribution >= 4 is 10.9 Å². The van der Waals surface area contributed by atoms with E-state index in [1.54, 1.807) is 0 Å². The first-order valence-electron chi connectivity index (χ1n) is 12.4. The summed E-state index contributed by atoms with van der Waals surface area (Å²) in [7, 11) is 0. The third-order valence-electron chi connectivity index (χ3n) is 7.35. The summed E-state index contributed by atoms with van der Waals surface area (Å²) in [6.07, 6.45) is 3.07. The number of fused-ring (bicyclic) bond motifs is 2. The molecule has 2 unspecified atom stereocenters. The summed E-state index contributed by atoms with van der Waals surface area (Å²) in [4.78, 5) is 19.1. The maximum atomic E-state index is 13.6. The van der Waals surface area contributed by atoms with E-state index in [1.807, 2.05) is 17.7 Å². The van der Waals surface area contributed by atoms with Crippen LogP contribution >= 0.6 is 0 Å². The van der Waals surface area contributed by atoms with E-state index in [0.717, 1.165) is 55.4 Å². The number of H-pyrrole nitrogens is 1. The predicted molar refractivity (Wildman–Crippen MR) is 133 cm³/mol. The van der Waals surface area contributed by atoms with E-state index in [-0.39, 0.29) is 17.7 Å². The number of nitrogens with zero attached hydrogens (tertiary/aromatic N) is 5. The molecule has 35 heavy (non-hydrogen) atoms. The molecule has 6 rings (SSSR count). The molecule has 2 aliphatic rings. The first-order chi connectivity index (χ1) is 17.1. The second-order valence-electron chi connectivity index (χ2n) is 9.85. The van der Waals surface area contributed by atoms with Crippen LogP contribution in [0.1, 0.15) is 52.5 Å². The van der Waals surface area contributed by atoms with Gasteiger partial charge in [-0.3, -0.25) is 9.69 Å². The fourth-order valence-electron chi connectivity index (χ4n) is 5.66. The highest BCUT2D eigenvalue weighted by Gasteiger charge is 2.33. The quantitative estimate of drug-likeness (QED) is 0.481. The fraction of sp³-hybridized carbons (Fsp3) is 0.407. The minimum atomic E-state index is -0.367. The van der Waals surface area contributed by atoms with Crippen LogP contribution in [0.15, 0.2) is 47.3 Å². The number of tetrazole rings is 1. The fourth-order valence-corrected chi connectivity index (χ4v) is 5.66. The van der Waals surface area contributed by atoms with Crippen LogP contribution < -0.4 is 5.56 Å². The molecular formula is C27H30N6O2. The van der Waals surface area contributed by atoms with E-state index in [2.05, 4.69) is 68.7 Å². The molecule has 8 heteroatoms. The maximum absolute atomic E-state index is 13.6. The zero-order valence-electron chi connectivity index (χ0n) is 20.2. The van der Waals surface area contributed by atoms with Gasteiger partial charge >= 0.3 is 0 Å². The van der Waals surface area contributed by atoms with Crippen LogP contribution in [0.4, 0.5) is 0 Å². The third kappa shape index (κ3) is 4.17. The van der Waals surface area contributed by atoms with Gasteiger partial charge in [-0.15, -0.1) is 5.10 Å². The molecule has 180 valence electrons. The summed E-state index contributed by atoms with van der Waals surface area (Å²) < 4.78 is 7.71. The summed E-state index contributed by atoms with van der Waals surface area (Å²) in [5.41, 5.74) is 6.33. The molecule has 8 nitrogen and oxygen atoms in total. The van der Waals surface area contributed by atoms with Crippen LogP contribution in [-0.2, 0) is 24.2 Å². The highest BCUT2D eigenvalue weighted by molar-refractivity contribution is 5.83. The normalized spacial score (nSPS) is 19.2. The number of aromatic nitrogens is 5.